The smallest absolute Gasteiger partial charge is 0.119 e. The van der Waals surface area contributed by atoms with E-state index in [1.165, 1.54) is 5.56 Å². The van der Waals surface area contributed by atoms with Gasteiger partial charge in [0.1, 0.15) is 5.75 Å². The number of nitrogens with zero attached hydrogens (tertiary/aromatic N) is 1. The lowest BCUT2D eigenvalue weighted by Gasteiger charge is -2.34. The zero-order valence-corrected chi connectivity index (χ0v) is 11.7. The van der Waals surface area contributed by atoms with Gasteiger partial charge in [0.05, 0.1) is 19.8 Å². The van der Waals surface area contributed by atoms with Gasteiger partial charge in [-0.25, -0.2) is 0 Å². The van der Waals surface area contributed by atoms with Crippen LogP contribution in [0.25, 0.3) is 0 Å². The van der Waals surface area contributed by atoms with E-state index in [4.69, 9.17) is 15.2 Å². The van der Waals surface area contributed by atoms with Gasteiger partial charge in [-0.3, -0.25) is 4.90 Å². The molecule has 1 aliphatic rings. The van der Waals surface area contributed by atoms with E-state index >= 15 is 0 Å². The first-order chi connectivity index (χ1) is 9.35. The van der Waals surface area contributed by atoms with Gasteiger partial charge in [-0.15, -0.1) is 0 Å². The largest absolute Gasteiger partial charge is 0.494 e. The zero-order chi connectivity index (χ0) is 13.5. The maximum absolute atomic E-state index is 5.77. The van der Waals surface area contributed by atoms with E-state index in [2.05, 4.69) is 17.0 Å². The predicted octanol–water partition coefficient (Wildman–Crippen LogP) is 1.81. The highest BCUT2D eigenvalue weighted by Gasteiger charge is 2.21. The third kappa shape index (κ3) is 3.93. The van der Waals surface area contributed by atoms with E-state index in [0.29, 0.717) is 19.2 Å². The minimum absolute atomic E-state index is 0.393. The Morgan fingerprint density at radius 1 is 1.26 bits per heavy atom. The summed E-state index contributed by atoms with van der Waals surface area (Å²) in [7, 11) is 0. The molecule has 0 saturated carbocycles. The molecular weight excluding hydrogens is 240 g/mol. The quantitative estimate of drug-likeness (QED) is 0.851. The van der Waals surface area contributed by atoms with Gasteiger partial charge in [0.25, 0.3) is 0 Å². The number of morpholine rings is 1. The second-order valence-electron chi connectivity index (χ2n) is 4.74. The molecule has 19 heavy (non-hydrogen) atoms. The topological polar surface area (TPSA) is 47.7 Å². The molecule has 0 amide bonds. The Balaban J connectivity index is 2.08. The highest BCUT2D eigenvalue weighted by molar-refractivity contribution is 5.29. The minimum atomic E-state index is 0.393. The van der Waals surface area contributed by atoms with Crippen molar-refractivity contribution in [3.05, 3.63) is 29.8 Å². The molecule has 0 radical (unpaired) electrons. The summed E-state index contributed by atoms with van der Waals surface area (Å²) in [5.74, 6) is 0.930. The van der Waals surface area contributed by atoms with Crippen LogP contribution >= 0.6 is 0 Å². The molecule has 1 aromatic rings. The monoisotopic (exact) mass is 264 g/mol. The van der Waals surface area contributed by atoms with Crippen molar-refractivity contribution < 1.29 is 9.47 Å². The summed E-state index contributed by atoms with van der Waals surface area (Å²) in [6.07, 6.45) is 0.980. The van der Waals surface area contributed by atoms with Crippen LogP contribution in [0.1, 0.15) is 24.9 Å². The maximum Gasteiger partial charge on any atom is 0.119 e. The fourth-order valence-electron chi connectivity index (χ4n) is 2.56. The van der Waals surface area contributed by atoms with Crippen molar-refractivity contribution in [2.75, 3.05) is 39.5 Å². The van der Waals surface area contributed by atoms with Crippen molar-refractivity contribution in [1.82, 2.24) is 4.90 Å². The molecule has 4 nitrogen and oxygen atoms in total. The van der Waals surface area contributed by atoms with Crippen molar-refractivity contribution in [3.63, 3.8) is 0 Å². The zero-order valence-electron chi connectivity index (χ0n) is 11.7. The molecule has 2 N–H and O–H groups in total. The third-order valence-corrected chi connectivity index (χ3v) is 3.50. The summed E-state index contributed by atoms with van der Waals surface area (Å²) in [6.45, 7) is 7.01. The van der Waals surface area contributed by atoms with Crippen LogP contribution in [0.2, 0.25) is 0 Å². The molecule has 0 spiro atoms. The lowest BCUT2D eigenvalue weighted by atomic mass is 10.0. The summed E-state index contributed by atoms with van der Waals surface area (Å²) < 4.78 is 10.9. The van der Waals surface area contributed by atoms with E-state index in [9.17, 15) is 0 Å². The molecule has 1 heterocycles. The Morgan fingerprint density at radius 2 is 1.95 bits per heavy atom. The van der Waals surface area contributed by atoms with Crippen LogP contribution in [0.15, 0.2) is 24.3 Å². The van der Waals surface area contributed by atoms with Crippen LogP contribution in [0, 0.1) is 0 Å². The maximum atomic E-state index is 5.77. The van der Waals surface area contributed by atoms with Crippen molar-refractivity contribution in [3.8, 4) is 5.75 Å². The first kappa shape index (κ1) is 14.3. The number of hydrogen-bond acceptors (Lipinski definition) is 4. The van der Waals surface area contributed by atoms with Crippen LogP contribution in [0.5, 0.6) is 5.75 Å². The molecule has 0 aromatic heterocycles. The standard InChI is InChI=1S/C15H24N2O2/c1-2-19-14-5-3-13(4-6-14)15(7-8-16)17-9-11-18-12-10-17/h3-6,15H,2,7-12,16H2,1H3. The van der Waals surface area contributed by atoms with Crippen LogP contribution in [-0.4, -0.2) is 44.4 Å². The molecule has 1 aliphatic heterocycles. The van der Waals surface area contributed by atoms with Crippen LogP contribution in [0.3, 0.4) is 0 Å². The van der Waals surface area contributed by atoms with Crippen LogP contribution in [0.4, 0.5) is 0 Å². The van der Waals surface area contributed by atoms with Gasteiger partial charge in [-0.2, -0.15) is 0 Å². The fourth-order valence-corrected chi connectivity index (χ4v) is 2.56. The van der Waals surface area contributed by atoms with Gasteiger partial charge in [0.2, 0.25) is 0 Å². The summed E-state index contributed by atoms with van der Waals surface area (Å²) in [4.78, 5) is 2.46. The Kier molecular flexibility index (Phi) is 5.63. The molecule has 4 heteroatoms. The molecule has 106 valence electrons. The number of benzene rings is 1. The van der Waals surface area contributed by atoms with Crippen molar-refractivity contribution in [2.45, 2.75) is 19.4 Å². The second-order valence-corrected chi connectivity index (χ2v) is 4.74. The molecular formula is C15H24N2O2. The summed E-state index contributed by atoms with van der Waals surface area (Å²) >= 11 is 0. The normalized spacial score (nSPS) is 18.2. The van der Waals surface area contributed by atoms with Gasteiger partial charge in [-0.1, -0.05) is 12.1 Å². The Labute approximate surface area is 115 Å². The van der Waals surface area contributed by atoms with Crippen molar-refractivity contribution >= 4 is 0 Å². The lowest BCUT2D eigenvalue weighted by molar-refractivity contribution is 0.0147. The summed E-state index contributed by atoms with van der Waals surface area (Å²) in [5.41, 5.74) is 7.08. The molecule has 1 saturated heterocycles. The van der Waals surface area contributed by atoms with E-state index in [1.54, 1.807) is 0 Å². The molecule has 0 aliphatic carbocycles. The first-order valence-electron chi connectivity index (χ1n) is 7.09. The van der Waals surface area contributed by atoms with Crippen LogP contribution in [-0.2, 0) is 4.74 Å². The SMILES string of the molecule is CCOc1ccc(C(CCN)N2CCOCC2)cc1. The summed E-state index contributed by atoms with van der Waals surface area (Å²) in [5, 5.41) is 0. The van der Waals surface area contributed by atoms with Crippen molar-refractivity contribution in [1.29, 1.82) is 0 Å². The molecule has 2 rings (SSSR count). The highest BCUT2D eigenvalue weighted by Crippen LogP contribution is 2.26. The predicted molar refractivity (Wildman–Crippen MR) is 76.4 cm³/mol. The Hall–Kier alpha value is -1.10. The third-order valence-electron chi connectivity index (χ3n) is 3.50. The van der Waals surface area contributed by atoms with E-state index in [0.717, 1.165) is 38.5 Å². The molecule has 0 bridgehead atoms. The number of nitrogens with two attached hydrogens (primary N) is 1. The van der Waals surface area contributed by atoms with Gasteiger partial charge in [0.15, 0.2) is 0 Å². The van der Waals surface area contributed by atoms with Crippen molar-refractivity contribution in [2.24, 2.45) is 5.73 Å². The number of hydrogen-bond donors (Lipinski definition) is 1. The Bertz CT molecular complexity index is 361. The molecule has 1 atom stereocenters. The minimum Gasteiger partial charge on any atom is -0.494 e. The van der Waals surface area contributed by atoms with E-state index < -0.39 is 0 Å². The first-order valence-corrected chi connectivity index (χ1v) is 7.09. The number of rotatable bonds is 6. The van der Waals surface area contributed by atoms with Gasteiger partial charge >= 0.3 is 0 Å². The van der Waals surface area contributed by atoms with Crippen LogP contribution < -0.4 is 10.5 Å². The highest BCUT2D eigenvalue weighted by atomic mass is 16.5. The summed E-state index contributed by atoms with van der Waals surface area (Å²) in [6, 6.07) is 8.79. The van der Waals surface area contributed by atoms with E-state index in [-0.39, 0.29) is 0 Å². The Morgan fingerprint density at radius 3 is 2.53 bits per heavy atom. The second kappa shape index (κ2) is 7.48. The van der Waals surface area contributed by atoms with E-state index in [1.807, 2.05) is 19.1 Å². The molecule has 1 aromatic carbocycles. The lowest BCUT2D eigenvalue weighted by Crippen LogP contribution is -2.39. The average Bonchev–Trinajstić information content (AvgIpc) is 2.47. The van der Waals surface area contributed by atoms with Gasteiger partial charge in [0, 0.05) is 19.1 Å². The van der Waals surface area contributed by atoms with Gasteiger partial charge < -0.3 is 15.2 Å². The average molecular weight is 264 g/mol. The molecule has 1 fully saturated rings. The van der Waals surface area contributed by atoms with Gasteiger partial charge in [-0.05, 0) is 37.6 Å². The number of ether oxygens (including phenoxy) is 2. The fraction of sp³-hybridized carbons (Fsp3) is 0.600. The molecule has 1 unspecified atom stereocenters.